The van der Waals surface area contributed by atoms with E-state index in [1.54, 1.807) is 19.5 Å². The molecule has 1 unspecified atom stereocenters. The molecule has 0 radical (unpaired) electrons. The molecule has 5 nitrogen and oxygen atoms in total. The van der Waals surface area contributed by atoms with Crippen molar-refractivity contribution in [1.29, 1.82) is 0 Å². The number of aromatic nitrogens is 1. The fourth-order valence-electron chi connectivity index (χ4n) is 3.25. The number of pyridine rings is 1. The molecule has 4 rings (SSSR count). The minimum Gasteiger partial charge on any atom is -0.494 e. The Kier molecular flexibility index (Phi) is 4.77. The highest BCUT2D eigenvalue weighted by atomic mass is 35.5. The second kappa shape index (κ2) is 7.37. The molecule has 0 bridgehead atoms. The van der Waals surface area contributed by atoms with Crippen LogP contribution in [0.15, 0.2) is 59.8 Å². The summed E-state index contributed by atoms with van der Waals surface area (Å²) in [7, 11) is 1.61. The standard InChI is InChI=1S/C21H18ClN3O2/c1-27-19-9-13(8-15-5-3-7-23-20(15)19)12-24-25-21(26)18-11-17(18)14-4-2-6-16(22)10-14/h2-10,12,17-18H,11H2,1H3,(H,25,26)/t17?,18-/m0/s1. The Hall–Kier alpha value is -2.92. The van der Waals surface area contributed by atoms with Gasteiger partial charge in [0.2, 0.25) is 5.91 Å². The molecule has 27 heavy (non-hydrogen) atoms. The number of nitrogens with one attached hydrogen (secondary N) is 1. The number of rotatable bonds is 5. The van der Waals surface area contributed by atoms with Crippen molar-refractivity contribution < 1.29 is 9.53 Å². The van der Waals surface area contributed by atoms with E-state index in [9.17, 15) is 4.79 Å². The van der Waals surface area contributed by atoms with Crippen LogP contribution in [0.2, 0.25) is 5.02 Å². The number of hydrogen-bond donors (Lipinski definition) is 1. The number of halogens is 1. The van der Waals surface area contributed by atoms with E-state index in [1.807, 2.05) is 48.5 Å². The third-order valence-corrected chi connectivity index (χ3v) is 4.94. The van der Waals surface area contributed by atoms with Crippen LogP contribution in [-0.4, -0.2) is 24.2 Å². The fourth-order valence-corrected chi connectivity index (χ4v) is 3.45. The van der Waals surface area contributed by atoms with Gasteiger partial charge >= 0.3 is 0 Å². The van der Waals surface area contributed by atoms with Gasteiger partial charge in [0.15, 0.2) is 0 Å². The summed E-state index contributed by atoms with van der Waals surface area (Å²) in [5.74, 6) is 0.747. The Bertz CT molecular complexity index is 1030. The van der Waals surface area contributed by atoms with Crippen LogP contribution in [0.25, 0.3) is 10.9 Å². The molecule has 1 aliphatic rings. The molecule has 1 aromatic heterocycles. The quantitative estimate of drug-likeness (QED) is 0.535. The number of hydrazone groups is 1. The number of methoxy groups -OCH3 is 1. The summed E-state index contributed by atoms with van der Waals surface area (Å²) in [5, 5.41) is 5.75. The third kappa shape index (κ3) is 3.78. The minimum atomic E-state index is -0.0781. The summed E-state index contributed by atoms with van der Waals surface area (Å²) < 4.78 is 5.39. The van der Waals surface area contributed by atoms with E-state index < -0.39 is 0 Å². The van der Waals surface area contributed by atoms with E-state index in [1.165, 1.54) is 0 Å². The number of ether oxygens (including phenoxy) is 1. The number of carbonyl (C=O) groups excluding carboxylic acids is 1. The molecule has 0 spiro atoms. The molecule has 1 aliphatic carbocycles. The zero-order valence-corrected chi connectivity index (χ0v) is 15.5. The van der Waals surface area contributed by atoms with Gasteiger partial charge in [-0.15, -0.1) is 0 Å². The normalized spacial score (nSPS) is 18.6. The van der Waals surface area contributed by atoms with Crippen LogP contribution in [0.5, 0.6) is 5.75 Å². The Balaban J connectivity index is 1.42. The summed E-state index contributed by atoms with van der Waals surface area (Å²) in [5.41, 5.74) is 5.35. The predicted octanol–water partition coefficient (Wildman–Crippen LogP) is 4.15. The molecule has 2 atom stereocenters. The highest BCUT2D eigenvalue weighted by molar-refractivity contribution is 6.30. The van der Waals surface area contributed by atoms with E-state index in [0.717, 1.165) is 28.5 Å². The third-order valence-electron chi connectivity index (χ3n) is 4.70. The summed E-state index contributed by atoms with van der Waals surface area (Å²) in [6, 6.07) is 15.3. The van der Waals surface area contributed by atoms with Gasteiger partial charge in [-0.2, -0.15) is 5.10 Å². The summed E-state index contributed by atoms with van der Waals surface area (Å²) in [6.07, 6.45) is 4.16. The Morgan fingerprint density at radius 1 is 1.30 bits per heavy atom. The van der Waals surface area contributed by atoms with Gasteiger partial charge in [-0.3, -0.25) is 9.78 Å². The van der Waals surface area contributed by atoms with Crippen molar-refractivity contribution in [2.75, 3.05) is 7.11 Å². The van der Waals surface area contributed by atoms with Gasteiger partial charge in [-0.05, 0) is 53.8 Å². The molecule has 1 amide bonds. The first kappa shape index (κ1) is 17.5. The minimum absolute atomic E-state index is 0.0593. The number of fused-ring (bicyclic) bond motifs is 1. The largest absolute Gasteiger partial charge is 0.494 e. The van der Waals surface area contributed by atoms with Gasteiger partial charge in [0.1, 0.15) is 11.3 Å². The maximum Gasteiger partial charge on any atom is 0.243 e. The molecular weight excluding hydrogens is 362 g/mol. The average molecular weight is 380 g/mol. The van der Waals surface area contributed by atoms with Crippen LogP contribution in [0.3, 0.4) is 0 Å². The Morgan fingerprint density at radius 3 is 3.00 bits per heavy atom. The first-order valence-corrected chi connectivity index (χ1v) is 9.04. The number of nitrogens with zero attached hydrogens (tertiary/aromatic N) is 2. The highest BCUT2D eigenvalue weighted by Gasteiger charge is 2.43. The van der Waals surface area contributed by atoms with Crippen LogP contribution in [0, 0.1) is 5.92 Å². The van der Waals surface area contributed by atoms with Crippen molar-refractivity contribution in [1.82, 2.24) is 10.4 Å². The van der Waals surface area contributed by atoms with Crippen LogP contribution in [0.1, 0.15) is 23.5 Å². The molecule has 1 heterocycles. The maximum absolute atomic E-state index is 12.3. The van der Waals surface area contributed by atoms with Crippen LogP contribution in [0.4, 0.5) is 0 Å². The molecule has 1 N–H and O–H groups in total. The van der Waals surface area contributed by atoms with Gasteiger partial charge in [0.05, 0.1) is 13.3 Å². The summed E-state index contributed by atoms with van der Waals surface area (Å²) >= 11 is 6.02. The fraction of sp³-hybridized carbons (Fsp3) is 0.190. The summed E-state index contributed by atoms with van der Waals surface area (Å²) in [6.45, 7) is 0. The lowest BCUT2D eigenvalue weighted by Gasteiger charge is -2.06. The highest BCUT2D eigenvalue weighted by Crippen LogP contribution is 2.47. The van der Waals surface area contributed by atoms with E-state index in [2.05, 4.69) is 15.5 Å². The van der Waals surface area contributed by atoms with Crippen LogP contribution < -0.4 is 10.2 Å². The number of amides is 1. The van der Waals surface area contributed by atoms with Crippen molar-refractivity contribution in [2.24, 2.45) is 11.0 Å². The lowest BCUT2D eigenvalue weighted by Crippen LogP contribution is -2.20. The molecule has 0 saturated heterocycles. The van der Waals surface area contributed by atoms with Crippen molar-refractivity contribution in [2.45, 2.75) is 12.3 Å². The first-order valence-electron chi connectivity index (χ1n) is 8.67. The molecule has 6 heteroatoms. The molecule has 2 aromatic carbocycles. The first-order chi connectivity index (χ1) is 13.2. The molecular formula is C21H18ClN3O2. The van der Waals surface area contributed by atoms with Gasteiger partial charge < -0.3 is 4.74 Å². The monoisotopic (exact) mass is 379 g/mol. The second-order valence-corrected chi connectivity index (χ2v) is 6.97. The van der Waals surface area contributed by atoms with Gasteiger partial charge in [-0.25, -0.2) is 5.43 Å². The smallest absolute Gasteiger partial charge is 0.243 e. The SMILES string of the molecule is COc1cc(C=NNC(=O)[C@H]2CC2c2cccc(Cl)c2)cc2cccnc12. The topological polar surface area (TPSA) is 63.6 Å². The van der Waals surface area contributed by atoms with Crippen molar-refractivity contribution in [3.63, 3.8) is 0 Å². The van der Waals surface area contributed by atoms with Crippen molar-refractivity contribution in [3.8, 4) is 5.75 Å². The zero-order chi connectivity index (χ0) is 18.8. The zero-order valence-electron chi connectivity index (χ0n) is 14.7. The summed E-state index contributed by atoms with van der Waals surface area (Å²) in [4.78, 5) is 16.6. The molecule has 1 fully saturated rings. The Labute approximate surface area is 162 Å². The molecule has 0 aliphatic heterocycles. The number of hydrogen-bond acceptors (Lipinski definition) is 4. The van der Waals surface area contributed by atoms with E-state index in [0.29, 0.717) is 10.8 Å². The lowest BCUT2D eigenvalue weighted by molar-refractivity contribution is -0.122. The van der Waals surface area contributed by atoms with E-state index >= 15 is 0 Å². The van der Waals surface area contributed by atoms with E-state index in [4.69, 9.17) is 16.3 Å². The van der Waals surface area contributed by atoms with Gasteiger partial charge in [0.25, 0.3) is 0 Å². The second-order valence-electron chi connectivity index (χ2n) is 6.54. The lowest BCUT2D eigenvalue weighted by atomic mass is 10.1. The predicted molar refractivity (Wildman–Crippen MR) is 106 cm³/mol. The van der Waals surface area contributed by atoms with E-state index in [-0.39, 0.29) is 17.7 Å². The van der Waals surface area contributed by atoms with Crippen molar-refractivity contribution >= 4 is 34.6 Å². The Morgan fingerprint density at radius 2 is 2.19 bits per heavy atom. The van der Waals surface area contributed by atoms with Gasteiger partial charge in [-0.1, -0.05) is 29.8 Å². The molecule has 3 aromatic rings. The molecule has 136 valence electrons. The number of benzene rings is 2. The van der Waals surface area contributed by atoms with Crippen LogP contribution >= 0.6 is 11.6 Å². The average Bonchev–Trinajstić information content (AvgIpc) is 3.48. The van der Waals surface area contributed by atoms with Gasteiger partial charge in [0, 0.05) is 22.5 Å². The maximum atomic E-state index is 12.3. The van der Waals surface area contributed by atoms with Crippen molar-refractivity contribution in [3.05, 3.63) is 70.9 Å². The number of carbonyl (C=O) groups is 1. The van der Waals surface area contributed by atoms with Crippen LogP contribution in [-0.2, 0) is 4.79 Å². The molecule has 1 saturated carbocycles.